The van der Waals surface area contributed by atoms with E-state index in [0.717, 1.165) is 49.9 Å². The average Bonchev–Trinajstić information content (AvgIpc) is 3.41. The predicted octanol–water partition coefficient (Wildman–Crippen LogP) is 4.07. The molecule has 0 bridgehead atoms. The molecule has 1 aliphatic heterocycles. The van der Waals surface area contributed by atoms with Crippen molar-refractivity contribution in [1.82, 2.24) is 25.2 Å². The first kappa shape index (κ1) is 19.0. The Labute approximate surface area is 174 Å². The highest BCUT2D eigenvalue weighted by molar-refractivity contribution is 5.76. The van der Waals surface area contributed by atoms with E-state index in [4.69, 9.17) is 9.05 Å². The van der Waals surface area contributed by atoms with Crippen LogP contribution in [0.25, 0.3) is 11.5 Å². The first-order chi connectivity index (χ1) is 14.8. The van der Waals surface area contributed by atoms with Gasteiger partial charge in [-0.3, -0.25) is 4.79 Å². The van der Waals surface area contributed by atoms with E-state index in [1.165, 1.54) is 0 Å². The lowest BCUT2D eigenvalue weighted by Gasteiger charge is -2.27. The van der Waals surface area contributed by atoms with Crippen LogP contribution >= 0.6 is 0 Å². The van der Waals surface area contributed by atoms with Gasteiger partial charge in [-0.1, -0.05) is 41.4 Å². The summed E-state index contributed by atoms with van der Waals surface area (Å²) in [6.45, 7) is 0.704. The van der Waals surface area contributed by atoms with E-state index in [1.807, 2.05) is 35.2 Å². The van der Waals surface area contributed by atoms with E-state index in [-0.39, 0.29) is 11.9 Å². The third-order valence-electron chi connectivity index (χ3n) is 5.81. The maximum atomic E-state index is 13.1. The number of carbonyl (C=O) groups excluding carboxylic acids is 1. The molecule has 1 aliphatic carbocycles. The van der Waals surface area contributed by atoms with Gasteiger partial charge < -0.3 is 13.9 Å². The lowest BCUT2D eigenvalue weighted by molar-refractivity contribution is -0.133. The summed E-state index contributed by atoms with van der Waals surface area (Å²) in [6, 6.07) is 9.54. The maximum Gasteiger partial charge on any atom is 0.257 e. The van der Waals surface area contributed by atoms with Crippen LogP contribution in [0.5, 0.6) is 0 Å². The lowest BCUT2D eigenvalue weighted by Crippen LogP contribution is -2.35. The molecule has 0 N–H and O–H groups in total. The Morgan fingerprint density at radius 1 is 0.967 bits per heavy atom. The predicted molar refractivity (Wildman–Crippen MR) is 107 cm³/mol. The van der Waals surface area contributed by atoms with Crippen LogP contribution in [0.2, 0.25) is 0 Å². The molecular weight excluding hydrogens is 382 g/mol. The zero-order valence-corrected chi connectivity index (χ0v) is 16.9. The second kappa shape index (κ2) is 8.38. The minimum Gasteiger partial charge on any atom is -0.339 e. The molecule has 30 heavy (non-hydrogen) atoms. The van der Waals surface area contributed by atoms with Crippen molar-refractivity contribution in [3.63, 3.8) is 0 Å². The summed E-state index contributed by atoms with van der Waals surface area (Å²) in [5, 5.41) is 8.25. The summed E-state index contributed by atoms with van der Waals surface area (Å²) in [4.78, 5) is 24.0. The first-order valence-electron chi connectivity index (χ1n) is 10.8. The molecule has 8 heteroatoms. The molecule has 8 nitrogen and oxygen atoms in total. The van der Waals surface area contributed by atoms with Gasteiger partial charge >= 0.3 is 0 Å². The molecule has 1 saturated heterocycles. The summed E-state index contributed by atoms with van der Waals surface area (Å²) in [5.41, 5.74) is 0.880. The van der Waals surface area contributed by atoms with Gasteiger partial charge in [0, 0.05) is 30.9 Å². The van der Waals surface area contributed by atoms with Gasteiger partial charge in [0.15, 0.2) is 11.6 Å². The number of amides is 1. The standard InChI is InChI=1S/C22H25N5O3/c28-19(13-12-18-23-20(25-29-18)15-10-11-15)27-14-6-2-5-9-17(27)21-24-22(30-26-21)16-7-3-1-4-8-16/h1,3-4,7-8,15,17H,2,5-6,9-14H2/t17-/m0/s1. The molecule has 5 rings (SSSR count). The van der Waals surface area contributed by atoms with E-state index < -0.39 is 0 Å². The first-order valence-corrected chi connectivity index (χ1v) is 10.8. The van der Waals surface area contributed by atoms with Crippen LogP contribution in [0.15, 0.2) is 39.4 Å². The fourth-order valence-corrected chi connectivity index (χ4v) is 3.98. The molecule has 1 aromatic carbocycles. The van der Waals surface area contributed by atoms with Crippen LogP contribution < -0.4 is 0 Å². The highest BCUT2D eigenvalue weighted by Gasteiger charge is 2.31. The van der Waals surface area contributed by atoms with E-state index in [9.17, 15) is 4.79 Å². The van der Waals surface area contributed by atoms with Crippen molar-refractivity contribution in [1.29, 1.82) is 0 Å². The zero-order valence-electron chi connectivity index (χ0n) is 16.9. The smallest absolute Gasteiger partial charge is 0.257 e. The van der Waals surface area contributed by atoms with Gasteiger partial charge in [0.05, 0.1) is 6.04 Å². The van der Waals surface area contributed by atoms with Crippen LogP contribution in [0, 0.1) is 0 Å². The molecule has 156 valence electrons. The largest absolute Gasteiger partial charge is 0.339 e. The third kappa shape index (κ3) is 4.13. The minimum atomic E-state index is -0.161. The third-order valence-corrected chi connectivity index (χ3v) is 5.81. The second-order valence-corrected chi connectivity index (χ2v) is 8.10. The fraction of sp³-hybridized carbons (Fsp3) is 0.500. The van der Waals surface area contributed by atoms with Gasteiger partial charge in [-0.15, -0.1) is 0 Å². The summed E-state index contributed by atoms with van der Waals surface area (Å²) >= 11 is 0. The number of likely N-dealkylation sites (tertiary alicyclic amines) is 1. The van der Waals surface area contributed by atoms with Gasteiger partial charge in [-0.2, -0.15) is 9.97 Å². The molecule has 1 atom stereocenters. The van der Waals surface area contributed by atoms with Crippen LogP contribution in [-0.2, 0) is 11.2 Å². The molecule has 1 saturated carbocycles. The fourth-order valence-electron chi connectivity index (χ4n) is 3.98. The molecule has 3 aromatic rings. The molecule has 0 unspecified atom stereocenters. The number of nitrogens with zero attached hydrogens (tertiary/aromatic N) is 5. The molecular formula is C22H25N5O3. The van der Waals surface area contributed by atoms with Crippen molar-refractivity contribution in [2.24, 2.45) is 0 Å². The number of aromatic nitrogens is 4. The SMILES string of the molecule is O=C(CCc1nc(C2CC2)no1)N1CCCCC[C@H]1c1noc(-c2ccccc2)n1. The summed E-state index contributed by atoms with van der Waals surface area (Å²) in [6.07, 6.45) is 7.02. The van der Waals surface area contributed by atoms with Crippen LogP contribution in [0.4, 0.5) is 0 Å². The molecule has 0 radical (unpaired) electrons. The molecule has 2 aromatic heterocycles. The molecule has 2 aliphatic rings. The zero-order chi connectivity index (χ0) is 20.3. The number of benzene rings is 1. The van der Waals surface area contributed by atoms with Crippen LogP contribution in [0.3, 0.4) is 0 Å². The van der Waals surface area contributed by atoms with Crippen molar-refractivity contribution in [2.75, 3.05) is 6.54 Å². The van der Waals surface area contributed by atoms with Crippen molar-refractivity contribution in [3.8, 4) is 11.5 Å². The normalized spacial score (nSPS) is 19.6. The van der Waals surface area contributed by atoms with Gasteiger partial charge in [0.25, 0.3) is 5.89 Å². The maximum absolute atomic E-state index is 13.1. The van der Waals surface area contributed by atoms with E-state index in [1.54, 1.807) is 0 Å². The van der Waals surface area contributed by atoms with Gasteiger partial charge in [-0.25, -0.2) is 0 Å². The molecule has 2 fully saturated rings. The van der Waals surface area contributed by atoms with Crippen LogP contribution in [0.1, 0.15) is 74.4 Å². The highest BCUT2D eigenvalue weighted by Crippen LogP contribution is 2.38. The Morgan fingerprint density at radius 3 is 2.63 bits per heavy atom. The molecule has 3 heterocycles. The minimum absolute atomic E-state index is 0.0686. The van der Waals surface area contributed by atoms with Gasteiger partial charge in [0.2, 0.25) is 11.8 Å². The average molecular weight is 407 g/mol. The number of hydrogen-bond acceptors (Lipinski definition) is 7. The van der Waals surface area contributed by atoms with Crippen molar-refractivity contribution < 1.29 is 13.8 Å². The monoisotopic (exact) mass is 407 g/mol. The van der Waals surface area contributed by atoms with Crippen molar-refractivity contribution in [2.45, 2.75) is 63.3 Å². The quantitative estimate of drug-likeness (QED) is 0.607. The number of rotatable bonds is 6. The summed E-state index contributed by atoms with van der Waals surface area (Å²) < 4.78 is 10.8. The Balaban J connectivity index is 1.29. The number of carbonyl (C=O) groups is 1. The Hall–Kier alpha value is -3.03. The molecule has 1 amide bonds. The Morgan fingerprint density at radius 2 is 1.80 bits per heavy atom. The lowest BCUT2D eigenvalue weighted by atomic mass is 10.1. The number of hydrogen-bond donors (Lipinski definition) is 0. The van der Waals surface area contributed by atoms with Gasteiger partial charge in [-0.05, 0) is 37.8 Å². The highest BCUT2D eigenvalue weighted by atomic mass is 16.5. The van der Waals surface area contributed by atoms with E-state index >= 15 is 0 Å². The Bertz CT molecular complexity index is 995. The van der Waals surface area contributed by atoms with E-state index in [2.05, 4.69) is 20.3 Å². The topological polar surface area (TPSA) is 98.2 Å². The Kier molecular flexibility index (Phi) is 5.29. The van der Waals surface area contributed by atoms with Crippen molar-refractivity contribution >= 4 is 5.91 Å². The second-order valence-electron chi connectivity index (χ2n) is 8.10. The summed E-state index contributed by atoms with van der Waals surface area (Å²) in [5.74, 6) is 2.91. The van der Waals surface area contributed by atoms with Crippen LogP contribution in [-0.4, -0.2) is 37.6 Å². The van der Waals surface area contributed by atoms with Crippen molar-refractivity contribution in [3.05, 3.63) is 47.9 Å². The number of aryl methyl sites for hydroxylation is 1. The molecule has 0 spiro atoms. The summed E-state index contributed by atoms with van der Waals surface area (Å²) in [7, 11) is 0. The van der Waals surface area contributed by atoms with E-state index in [0.29, 0.717) is 42.9 Å². The van der Waals surface area contributed by atoms with Gasteiger partial charge in [0.1, 0.15) is 0 Å².